The van der Waals surface area contributed by atoms with Crippen LogP contribution < -0.4 is 0 Å². The summed E-state index contributed by atoms with van der Waals surface area (Å²) >= 11 is 2.98. The van der Waals surface area contributed by atoms with E-state index in [9.17, 15) is 13.2 Å². The summed E-state index contributed by atoms with van der Waals surface area (Å²) < 4.78 is 27.2. The van der Waals surface area contributed by atoms with E-state index in [1.165, 1.54) is 33.5 Å². The monoisotopic (exact) mass is 410 g/mol. The van der Waals surface area contributed by atoms with Gasteiger partial charge in [-0.25, -0.2) is 8.42 Å². The van der Waals surface area contributed by atoms with Crippen LogP contribution in [0.15, 0.2) is 45.5 Å². The van der Waals surface area contributed by atoms with Crippen molar-refractivity contribution in [2.75, 3.05) is 26.4 Å². The van der Waals surface area contributed by atoms with Crippen molar-refractivity contribution in [2.45, 2.75) is 29.2 Å². The lowest BCUT2D eigenvalue weighted by molar-refractivity contribution is 0.0789. The average molecular weight is 411 g/mol. The molecule has 26 heavy (non-hydrogen) atoms. The highest BCUT2D eigenvalue weighted by Crippen LogP contribution is 2.28. The largest absolute Gasteiger partial charge is 0.339 e. The number of carbonyl (C=O) groups excluding carboxylic acids is 1. The zero-order valence-electron chi connectivity index (χ0n) is 14.8. The summed E-state index contributed by atoms with van der Waals surface area (Å²) in [4.78, 5) is 16.6. The van der Waals surface area contributed by atoms with Gasteiger partial charge >= 0.3 is 0 Å². The molecule has 0 aliphatic carbocycles. The highest BCUT2D eigenvalue weighted by molar-refractivity contribution is 7.98. The Kier molecular flexibility index (Phi) is 6.06. The molecule has 2 heterocycles. The van der Waals surface area contributed by atoms with Crippen LogP contribution in [-0.4, -0.2) is 49.9 Å². The predicted molar refractivity (Wildman–Crippen MR) is 106 cm³/mol. The van der Waals surface area contributed by atoms with Crippen LogP contribution in [0.2, 0.25) is 0 Å². The molecule has 140 valence electrons. The zero-order valence-corrected chi connectivity index (χ0v) is 17.3. The maximum atomic E-state index is 13.0. The van der Waals surface area contributed by atoms with Crippen LogP contribution in [0.25, 0.3) is 0 Å². The summed E-state index contributed by atoms with van der Waals surface area (Å²) in [5.41, 5.74) is 0.477. The molecule has 2 aromatic rings. The molecule has 1 aromatic heterocycles. The van der Waals surface area contributed by atoms with Crippen molar-refractivity contribution in [3.05, 3.63) is 46.2 Å². The second kappa shape index (κ2) is 8.12. The summed E-state index contributed by atoms with van der Waals surface area (Å²) in [6.07, 6.45) is 3.90. The molecule has 0 saturated carbocycles. The topological polar surface area (TPSA) is 57.7 Å². The first-order chi connectivity index (χ1) is 12.4. The first kappa shape index (κ1) is 19.4. The van der Waals surface area contributed by atoms with Crippen molar-refractivity contribution in [1.29, 1.82) is 0 Å². The van der Waals surface area contributed by atoms with Crippen LogP contribution in [0.5, 0.6) is 0 Å². The van der Waals surface area contributed by atoms with Gasteiger partial charge in [0.05, 0.1) is 10.5 Å². The lowest BCUT2D eigenvalue weighted by Gasteiger charge is -2.20. The molecule has 1 aliphatic rings. The molecule has 8 heteroatoms. The van der Waals surface area contributed by atoms with Gasteiger partial charge in [0.15, 0.2) is 0 Å². The van der Waals surface area contributed by atoms with Crippen LogP contribution in [0.4, 0.5) is 0 Å². The Labute approximate surface area is 163 Å². The number of thiophene rings is 1. The molecule has 1 aliphatic heterocycles. The van der Waals surface area contributed by atoms with Gasteiger partial charge in [0.25, 0.3) is 5.91 Å². The van der Waals surface area contributed by atoms with E-state index in [2.05, 4.69) is 0 Å². The van der Waals surface area contributed by atoms with E-state index >= 15 is 0 Å². The number of hydrogen-bond acceptors (Lipinski definition) is 5. The molecule has 0 spiro atoms. The first-order valence-corrected chi connectivity index (χ1v) is 11.9. The van der Waals surface area contributed by atoms with Gasteiger partial charge in [-0.2, -0.15) is 4.31 Å². The van der Waals surface area contributed by atoms with E-state index in [4.69, 9.17) is 0 Å². The summed E-state index contributed by atoms with van der Waals surface area (Å²) in [7, 11) is -2.09. The van der Waals surface area contributed by atoms with Crippen molar-refractivity contribution < 1.29 is 13.2 Å². The second-order valence-electron chi connectivity index (χ2n) is 6.20. The molecule has 0 unspecified atom stereocenters. The van der Waals surface area contributed by atoms with Gasteiger partial charge in [-0.1, -0.05) is 6.07 Å². The Morgan fingerprint density at radius 1 is 1.27 bits per heavy atom. The van der Waals surface area contributed by atoms with Crippen molar-refractivity contribution in [1.82, 2.24) is 9.21 Å². The highest BCUT2D eigenvalue weighted by Gasteiger charge is 2.26. The van der Waals surface area contributed by atoms with E-state index < -0.39 is 10.0 Å². The minimum Gasteiger partial charge on any atom is -0.339 e. The lowest BCUT2D eigenvalue weighted by atomic mass is 10.2. The highest BCUT2D eigenvalue weighted by atomic mass is 32.2. The van der Waals surface area contributed by atoms with Crippen molar-refractivity contribution in [3.8, 4) is 0 Å². The Morgan fingerprint density at radius 2 is 2.00 bits per heavy atom. The number of benzene rings is 1. The number of nitrogens with zero attached hydrogens (tertiary/aromatic N) is 2. The molecular weight excluding hydrogens is 388 g/mol. The van der Waals surface area contributed by atoms with Gasteiger partial charge in [0.1, 0.15) is 0 Å². The maximum absolute atomic E-state index is 13.0. The van der Waals surface area contributed by atoms with Crippen molar-refractivity contribution in [2.24, 2.45) is 0 Å². The number of hydrogen-bond donors (Lipinski definition) is 0. The molecule has 0 radical (unpaired) electrons. The Balaban J connectivity index is 1.91. The fourth-order valence-corrected chi connectivity index (χ4v) is 5.58. The SMILES string of the molecule is CSc1ccc(S(=O)(=O)N(C)Cc2cccs2)cc1C(=O)N1CCCC1. The molecule has 1 amide bonds. The molecule has 5 nitrogen and oxygen atoms in total. The molecule has 1 saturated heterocycles. The molecule has 1 aromatic carbocycles. The second-order valence-corrected chi connectivity index (χ2v) is 10.1. The molecule has 0 bridgehead atoms. The number of thioether (sulfide) groups is 1. The van der Waals surface area contributed by atoms with E-state index in [1.807, 2.05) is 23.8 Å². The van der Waals surface area contributed by atoms with E-state index in [0.717, 1.165) is 35.7 Å². The predicted octanol–water partition coefficient (Wildman–Crippen LogP) is 3.53. The number of amides is 1. The third-order valence-electron chi connectivity index (χ3n) is 4.46. The Bertz CT molecular complexity index is 873. The van der Waals surface area contributed by atoms with Gasteiger partial charge in [-0.15, -0.1) is 23.1 Å². The normalized spacial score (nSPS) is 15.0. The maximum Gasteiger partial charge on any atom is 0.255 e. The van der Waals surface area contributed by atoms with E-state index in [-0.39, 0.29) is 10.8 Å². The minimum atomic E-state index is -3.66. The van der Waals surface area contributed by atoms with Crippen LogP contribution in [0, 0.1) is 0 Å². The van der Waals surface area contributed by atoms with Crippen LogP contribution in [0.1, 0.15) is 28.1 Å². The molecule has 1 fully saturated rings. The summed E-state index contributed by atoms with van der Waals surface area (Å²) in [5.74, 6) is -0.0789. The summed E-state index contributed by atoms with van der Waals surface area (Å²) in [5, 5.41) is 1.93. The van der Waals surface area contributed by atoms with Gasteiger partial charge in [-0.05, 0) is 48.7 Å². The lowest BCUT2D eigenvalue weighted by Crippen LogP contribution is -2.29. The fourth-order valence-electron chi connectivity index (χ4n) is 2.99. The number of carbonyl (C=O) groups is 1. The van der Waals surface area contributed by atoms with Gasteiger partial charge in [0.2, 0.25) is 10.0 Å². The van der Waals surface area contributed by atoms with Crippen LogP contribution >= 0.6 is 23.1 Å². The van der Waals surface area contributed by atoms with E-state index in [1.54, 1.807) is 24.1 Å². The van der Waals surface area contributed by atoms with Gasteiger partial charge < -0.3 is 4.90 Å². The number of rotatable bonds is 6. The summed E-state index contributed by atoms with van der Waals surface area (Å²) in [6, 6.07) is 8.68. The first-order valence-electron chi connectivity index (χ1n) is 8.39. The molecule has 3 rings (SSSR count). The minimum absolute atomic E-state index is 0.0789. The van der Waals surface area contributed by atoms with Crippen molar-refractivity contribution in [3.63, 3.8) is 0 Å². The smallest absolute Gasteiger partial charge is 0.255 e. The third kappa shape index (κ3) is 3.98. The molecule has 0 N–H and O–H groups in total. The average Bonchev–Trinajstić information content (AvgIpc) is 3.34. The molecular formula is C18H22N2O3S3. The fraction of sp³-hybridized carbons (Fsp3) is 0.389. The third-order valence-corrected chi connectivity index (χ3v) is 7.92. The Hall–Kier alpha value is -1.35. The van der Waals surface area contributed by atoms with Crippen LogP contribution in [0.3, 0.4) is 0 Å². The van der Waals surface area contributed by atoms with Gasteiger partial charge in [0, 0.05) is 36.5 Å². The van der Waals surface area contributed by atoms with Crippen molar-refractivity contribution >= 4 is 39.0 Å². The zero-order chi connectivity index (χ0) is 18.7. The quantitative estimate of drug-likeness (QED) is 0.684. The van der Waals surface area contributed by atoms with Gasteiger partial charge in [-0.3, -0.25) is 4.79 Å². The summed E-state index contributed by atoms with van der Waals surface area (Å²) in [6.45, 7) is 1.80. The standard InChI is InChI=1S/C18H22N2O3S3/c1-19(13-14-6-5-11-25-14)26(22,23)15-7-8-17(24-2)16(12-15)18(21)20-9-3-4-10-20/h5-8,11-12H,3-4,9-10,13H2,1-2H3. The number of likely N-dealkylation sites (tertiary alicyclic amines) is 1. The number of sulfonamides is 1. The van der Waals surface area contributed by atoms with Crippen LogP contribution in [-0.2, 0) is 16.6 Å². The Morgan fingerprint density at radius 3 is 2.62 bits per heavy atom. The molecule has 0 atom stereocenters. The van der Waals surface area contributed by atoms with E-state index in [0.29, 0.717) is 12.1 Å².